The Labute approximate surface area is 404 Å². The van der Waals surface area contributed by atoms with E-state index in [1.165, 1.54) is 44.8 Å². The Kier molecular flexibility index (Phi) is 18.3. The second-order valence-electron chi connectivity index (χ2n) is 18.9. The van der Waals surface area contributed by atoms with Crippen molar-refractivity contribution in [3.05, 3.63) is 116 Å². The van der Waals surface area contributed by atoms with Crippen LogP contribution in [0.4, 0.5) is 0 Å². The first-order valence-electron chi connectivity index (χ1n) is 23.7. The second-order valence-corrected chi connectivity index (χ2v) is 18.9. The molecule has 2 aliphatic heterocycles. The van der Waals surface area contributed by atoms with Crippen molar-refractivity contribution in [3.63, 3.8) is 0 Å². The van der Waals surface area contributed by atoms with Gasteiger partial charge in [0.1, 0.15) is 12.5 Å². The standard InChI is InChI=1S/C55H71N4O5.Mg/c1-13-39-35(8)42-28-44-37(10)41(24-25-48(60)64-27-26-34(7)23-17-22-33(6)21-16-20-32(5)19-15-18-31(3)4)52(58-44)50-51(55(62)63-12)54(61)49-38(11)45(59-53(49)50)30-47-40(14-2)36(9)43(57-47)29-46(39)56-42;/h13,26,28-33,37,41,51H,1,3,6,14-25,27H2,2,4-5,7-12H3,(H-,58,59,61);/q-5;+2/p-1/b34-26-,43-29-,44-28-,47-30-;/t31-,32-,33-,37+,41+,51-;/m1./s1. The molecule has 346 valence electrons. The summed E-state index contributed by atoms with van der Waals surface area (Å²) < 4.78 is 11.0. The predicted molar refractivity (Wildman–Crippen MR) is 264 cm³/mol. The van der Waals surface area contributed by atoms with Crippen LogP contribution < -0.4 is 25.7 Å². The minimum atomic E-state index is -1.23. The Bertz CT molecular complexity index is 2450. The van der Waals surface area contributed by atoms with Crippen LogP contribution in [-0.4, -0.2) is 54.5 Å². The van der Waals surface area contributed by atoms with E-state index in [1.807, 2.05) is 44.2 Å². The number of hydrogen-bond donors (Lipinski definition) is 0. The van der Waals surface area contributed by atoms with E-state index in [2.05, 4.69) is 62.0 Å². The summed E-state index contributed by atoms with van der Waals surface area (Å²) >= 11 is 0. The molecule has 0 spiro atoms. The van der Waals surface area contributed by atoms with Gasteiger partial charge in [0.05, 0.1) is 7.11 Å². The van der Waals surface area contributed by atoms with E-state index in [0.29, 0.717) is 52.0 Å². The van der Waals surface area contributed by atoms with Crippen molar-refractivity contribution in [3.8, 4) is 0 Å². The molecule has 0 radical (unpaired) electrons. The zero-order valence-electron chi connectivity index (χ0n) is 40.7. The van der Waals surface area contributed by atoms with Crippen molar-refractivity contribution in [2.45, 2.75) is 132 Å². The van der Waals surface area contributed by atoms with E-state index >= 15 is 0 Å². The molecule has 3 aromatic rings. The van der Waals surface area contributed by atoms with Crippen molar-refractivity contribution in [2.75, 3.05) is 13.7 Å². The third-order valence-corrected chi connectivity index (χ3v) is 14.0. The topological polar surface area (TPSA) is 126 Å². The van der Waals surface area contributed by atoms with Gasteiger partial charge in [-0.05, 0) is 76.4 Å². The fraction of sp³-hybridized carbons (Fsp3) is 0.509. The average Bonchev–Trinajstić information content (AvgIpc) is 3.99. The van der Waals surface area contributed by atoms with E-state index in [9.17, 15) is 14.4 Å². The summed E-state index contributed by atoms with van der Waals surface area (Å²) in [6, 6.07) is 0. The monoisotopic (exact) mass is 891 g/mol. The van der Waals surface area contributed by atoms with Crippen molar-refractivity contribution < 1.29 is 23.9 Å². The maximum atomic E-state index is 14.4. The minimum absolute atomic E-state index is 0. The van der Waals surface area contributed by atoms with Gasteiger partial charge in [0.2, 0.25) is 0 Å². The summed E-state index contributed by atoms with van der Waals surface area (Å²) in [6.45, 7) is 29.6. The van der Waals surface area contributed by atoms with E-state index < -0.39 is 11.9 Å². The maximum Gasteiger partial charge on any atom is 2.00 e. The molecule has 1 aliphatic carbocycles. The Morgan fingerprint density at radius 1 is 0.877 bits per heavy atom. The number of rotatable bonds is 20. The first kappa shape index (κ1) is 51.7. The Hall–Kier alpha value is -4.28. The zero-order chi connectivity index (χ0) is 46.4. The molecule has 1 saturated heterocycles. The number of ketones is 1. The number of carbonyl (C=O) groups excluding carboxylic acids is 3. The molecule has 10 heteroatoms. The normalized spacial score (nSPS) is 22.1. The quantitative estimate of drug-likeness (QED) is 0.0361. The van der Waals surface area contributed by atoms with Crippen LogP contribution >= 0.6 is 0 Å². The summed E-state index contributed by atoms with van der Waals surface area (Å²) in [5.41, 5.74) is 10.6. The minimum Gasteiger partial charge on any atom is -0.664 e. The largest absolute Gasteiger partial charge is 2.00 e. The number of aromatic nitrogens is 3. The van der Waals surface area contributed by atoms with Gasteiger partial charge in [0, 0.05) is 12.0 Å². The van der Waals surface area contributed by atoms with Crippen LogP contribution in [0.5, 0.6) is 0 Å². The molecule has 9 nitrogen and oxygen atoms in total. The van der Waals surface area contributed by atoms with Crippen LogP contribution in [0.3, 0.4) is 0 Å². The molecular formula is C55H70MgN4O5-4. The Morgan fingerprint density at radius 3 is 2.23 bits per heavy atom. The number of esters is 2. The fourth-order valence-electron chi connectivity index (χ4n) is 9.90. The molecule has 0 unspecified atom stereocenters. The molecule has 5 heterocycles. The van der Waals surface area contributed by atoms with Crippen LogP contribution in [0.15, 0.2) is 29.6 Å². The van der Waals surface area contributed by atoms with Crippen LogP contribution in [0.1, 0.15) is 166 Å². The van der Waals surface area contributed by atoms with Gasteiger partial charge in [-0.3, -0.25) is 14.4 Å². The van der Waals surface area contributed by atoms with Crippen molar-refractivity contribution in [1.29, 1.82) is 0 Å². The third kappa shape index (κ3) is 11.6. The molecule has 0 aromatic carbocycles. The van der Waals surface area contributed by atoms with Gasteiger partial charge in [-0.1, -0.05) is 143 Å². The van der Waals surface area contributed by atoms with E-state index in [4.69, 9.17) is 29.7 Å². The van der Waals surface area contributed by atoms with Crippen LogP contribution in [-0.2, 0) is 25.5 Å². The smallest absolute Gasteiger partial charge is 0.664 e. The summed E-state index contributed by atoms with van der Waals surface area (Å²) in [4.78, 5) is 56.6. The number of methoxy groups -OCH3 is 1. The average molecular weight is 891 g/mol. The molecule has 3 aromatic heterocycles. The molecule has 6 rings (SSSR count). The van der Waals surface area contributed by atoms with E-state index in [1.54, 1.807) is 0 Å². The van der Waals surface area contributed by atoms with Crippen molar-refractivity contribution >= 4 is 70.7 Å². The maximum absolute atomic E-state index is 14.4. The Balaban J connectivity index is 0.00000793. The van der Waals surface area contributed by atoms with Crippen molar-refractivity contribution in [1.82, 2.24) is 15.0 Å². The van der Waals surface area contributed by atoms with Gasteiger partial charge in [-0.25, -0.2) is 0 Å². The summed E-state index contributed by atoms with van der Waals surface area (Å²) in [7, 11) is 1.29. The predicted octanol–water partition coefficient (Wildman–Crippen LogP) is 9.99. The van der Waals surface area contributed by atoms with Gasteiger partial charge in [0.15, 0.2) is 5.78 Å². The molecule has 65 heavy (non-hydrogen) atoms. The number of nitrogens with zero attached hydrogens (tertiary/aromatic N) is 4. The van der Waals surface area contributed by atoms with E-state index in [0.717, 1.165) is 88.1 Å². The molecule has 1 fully saturated rings. The molecule has 0 amide bonds. The van der Waals surface area contributed by atoms with Gasteiger partial charge in [-0.15, -0.1) is 33.5 Å². The van der Waals surface area contributed by atoms with Gasteiger partial charge in [-0.2, -0.15) is 23.2 Å². The van der Waals surface area contributed by atoms with Crippen molar-refractivity contribution in [2.24, 2.45) is 35.5 Å². The van der Waals surface area contributed by atoms with E-state index in [-0.39, 0.29) is 59.7 Å². The molecule has 0 saturated carbocycles. The fourth-order valence-corrected chi connectivity index (χ4v) is 9.90. The molecular weight excluding hydrogens is 821 g/mol. The molecule has 6 atom stereocenters. The SMILES string of the molecule is C=Cc1c2[n-]c(c1C)/C=C1\[N-]/C(=C3\c4[n-]c(c(C)c4C(=O)[C@@H]3C(=O)OC)/C=c3\[n-]/c(c(C)c3CC)=C\2)[C@@H](CCC(=O)OC/C=C(/C)CCC[C@H]([CH2-])CCC[C@H](C)CCC[C@H]([CH2-])C)[C@@H]1C.[Mg+2]. The molecule has 3 aliphatic rings. The second kappa shape index (κ2) is 22.9. The van der Waals surface area contributed by atoms with Crippen LogP contribution in [0.2, 0.25) is 0 Å². The van der Waals surface area contributed by atoms with Gasteiger partial charge < -0.3 is 43.6 Å². The van der Waals surface area contributed by atoms with Crippen LogP contribution in [0, 0.1) is 70.1 Å². The van der Waals surface area contributed by atoms with Crippen LogP contribution in [0.25, 0.3) is 35.2 Å². The summed E-state index contributed by atoms with van der Waals surface area (Å²) in [6.07, 6.45) is 21.6. The third-order valence-electron chi connectivity index (χ3n) is 14.0. The number of carbonyl (C=O) groups is 3. The number of hydrogen-bond acceptors (Lipinski definition) is 5. The Morgan fingerprint density at radius 2 is 1.55 bits per heavy atom. The summed E-state index contributed by atoms with van der Waals surface area (Å²) in [5, 5.41) is 6.82. The molecule has 0 N–H and O–H groups in total. The summed E-state index contributed by atoms with van der Waals surface area (Å²) in [5.74, 6) is -1.33. The van der Waals surface area contributed by atoms with Gasteiger partial charge in [0.25, 0.3) is 0 Å². The van der Waals surface area contributed by atoms with Gasteiger partial charge >= 0.3 is 35.0 Å². The number of ether oxygens (including phenoxy) is 2. The first-order chi connectivity index (χ1) is 30.6. The molecule has 8 bridgehead atoms. The first-order valence-corrected chi connectivity index (χ1v) is 23.7. The number of Topliss-reactive ketones (excluding diaryl/α,β-unsaturated/α-hetero) is 1. The zero-order valence-corrected chi connectivity index (χ0v) is 42.1. The number of fused-ring (bicyclic) bond motifs is 7. The number of allylic oxidation sites excluding steroid dienone is 3.